The molecule has 7 nitrogen and oxygen atoms in total. The first-order chi connectivity index (χ1) is 11.2. The first-order valence-corrected chi connectivity index (χ1v) is 7.74. The summed E-state index contributed by atoms with van der Waals surface area (Å²) in [6, 6.07) is 9.31. The number of nitrogens with two attached hydrogens (primary N) is 1. The summed E-state index contributed by atoms with van der Waals surface area (Å²) in [7, 11) is 0. The summed E-state index contributed by atoms with van der Waals surface area (Å²) in [5.74, 6) is 0.580. The van der Waals surface area contributed by atoms with E-state index in [1.807, 2.05) is 22.9 Å². The molecule has 2 aromatic heterocycles. The maximum atomic E-state index is 10.0. The lowest BCUT2D eigenvalue weighted by molar-refractivity contribution is 0.352. The molecule has 0 saturated carbocycles. The standard InChI is InChI=1S/C16H18N6O/c17-16-15-13(22(21-16)10-5-7-18-8-6-10)9-12(19-20-15)11-3-1-2-4-14(11)23/h1-4,9-10,18,23H,5-8H2,(H2,17,21). The molecule has 0 bridgehead atoms. The zero-order valence-electron chi connectivity index (χ0n) is 12.6. The van der Waals surface area contributed by atoms with Crippen molar-refractivity contribution < 1.29 is 5.11 Å². The van der Waals surface area contributed by atoms with Gasteiger partial charge in [0.25, 0.3) is 0 Å². The molecule has 7 heteroatoms. The smallest absolute Gasteiger partial charge is 0.174 e. The number of aromatic hydroxyl groups is 1. The molecule has 4 N–H and O–H groups in total. The van der Waals surface area contributed by atoms with Crippen LogP contribution >= 0.6 is 0 Å². The molecule has 23 heavy (non-hydrogen) atoms. The molecule has 0 spiro atoms. The molecule has 1 aliphatic rings. The van der Waals surface area contributed by atoms with Gasteiger partial charge in [-0.05, 0) is 44.1 Å². The molecule has 0 unspecified atom stereocenters. The normalized spacial score (nSPS) is 16.0. The number of nitrogens with one attached hydrogen (secondary N) is 1. The van der Waals surface area contributed by atoms with E-state index in [1.54, 1.807) is 12.1 Å². The largest absolute Gasteiger partial charge is 0.507 e. The van der Waals surface area contributed by atoms with Crippen LogP contribution in [0.5, 0.6) is 5.75 Å². The van der Waals surface area contributed by atoms with Gasteiger partial charge in [-0.25, -0.2) is 0 Å². The molecule has 118 valence electrons. The Morgan fingerprint density at radius 3 is 2.74 bits per heavy atom. The summed E-state index contributed by atoms with van der Waals surface area (Å²) in [5, 5.41) is 26.3. The number of phenols is 1. The van der Waals surface area contributed by atoms with Gasteiger partial charge < -0.3 is 16.2 Å². The number of fused-ring (bicyclic) bond motifs is 1. The molecule has 1 fully saturated rings. The van der Waals surface area contributed by atoms with Crippen LogP contribution in [-0.4, -0.2) is 38.2 Å². The van der Waals surface area contributed by atoms with E-state index in [-0.39, 0.29) is 5.75 Å². The Morgan fingerprint density at radius 2 is 1.96 bits per heavy atom. The molecule has 0 amide bonds. The van der Waals surface area contributed by atoms with Crippen LogP contribution in [0, 0.1) is 0 Å². The van der Waals surface area contributed by atoms with Crippen LogP contribution in [0.1, 0.15) is 18.9 Å². The third kappa shape index (κ3) is 2.39. The number of phenolic OH excluding ortho intramolecular Hbond substituents is 1. The lowest BCUT2D eigenvalue weighted by atomic mass is 10.1. The number of hydrogen-bond donors (Lipinski definition) is 3. The zero-order chi connectivity index (χ0) is 15.8. The van der Waals surface area contributed by atoms with Crippen LogP contribution < -0.4 is 11.1 Å². The van der Waals surface area contributed by atoms with Gasteiger partial charge in [-0.1, -0.05) is 12.1 Å². The molecule has 3 heterocycles. The fourth-order valence-corrected chi connectivity index (χ4v) is 3.11. The van der Waals surface area contributed by atoms with Crippen LogP contribution in [0.2, 0.25) is 0 Å². The zero-order valence-corrected chi connectivity index (χ0v) is 12.6. The summed E-state index contributed by atoms with van der Waals surface area (Å²) < 4.78 is 1.96. The van der Waals surface area contributed by atoms with Gasteiger partial charge in [0.15, 0.2) is 11.3 Å². The number of nitrogen functional groups attached to an aromatic ring is 1. The fourth-order valence-electron chi connectivity index (χ4n) is 3.11. The molecule has 1 aliphatic heterocycles. The van der Waals surface area contributed by atoms with E-state index in [9.17, 15) is 5.11 Å². The van der Waals surface area contributed by atoms with Crippen molar-refractivity contribution in [1.29, 1.82) is 0 Å². The Hall–Kier alpha value is -2.67. The molecule has 4 rings (SSSR count). The lowest BCUT2D eigenvalue weighted by Crippen LogP contribution is -2.29. The van der Waals surface area contributed by atoms with E-state index in [2.05, 4.69) is 20.6 Å². The monoisotopic (exact) mass is 310 g/mol. The molecular weight excluding hydrogens is 292 g/mol. The highest BCUT2D eigenvalue weighted by Crippen LogP contribution is 2.31. The van der Waals surface area contributed by atoms with E-state index in [1.165, 1.54) is 0 Å². The van der Waals surface area contributed by atoms with Crippen molar-refractivity contribution >= 4 is 16.9 Å². The predicted molar refractivity (Wildman–Crippen MR) is 88.0 cm³/mol. The number of anilines is 1. The summed E-state index contributed by atoms with van der Waals surface area (Å²) >= 11 is 0. The second kappa shape index (κ2) is 5.51. The van der Waals surface area contributed by atoms with Crippen LogP contribution in [0.3, 0.4) is 0 Å². The highest BCUT2D eigenvalue weighted by molar-refractivity contribution is 5.87. The average molecular weight is 310 g/mol. The van der Waals surface area contributed by atoms with Crippen molar-refractivity contribution in [3.8, 4) is 17.0 Å². The number of nitrogens with zero attached hydrogens (tertiary/aromatic N) is 4. The second-order valence-electron chi connectivity index (χ2n) is 5.79. The van der Waals surface area contributed by atoms with Gasteiger partial charge >= 0.3 is 0 Å². The maximum Gasteiger partial charge on any atom is 0.174 e. The summed E-state index contributed by atoms with van der Waals surface area (Å²) in [6.07, 6.45) is 2.01. The first-order valence-electron chi connectivity index (χ1n) is 7.74. The second-order valence-corrected chi connectivity index (χ2v) is 5.79. The van der Waals surface area contributed by atoms with Crippen LogP contribution in [-0.2, 0) is 0 Å². The highest BCUT2D eigenvalue weighted by atomic mass is 16.3. The van der Waals surface area contributed by atoms with Crippen molar-refractivity contribution in [2.24, 2.45) is 0 Å². The van der Waals surface area contributed by atoms with Crippen molar-refractivity contribution in [2.45, 2.75) is 18.9 Å². The van der Waals surface area contributed by atoms with Gasteiger partial charge in [-0.15, -0.1) is 10.2 Å². The van der Waals surface area contributed by atoms with Gasteiger partial charge in [-0.3, -0.25) is 4.68 Å². The molecule has 1 aromatic carbocycles. The highest BCUT2D eigenvalue weighted by Gasteiger charge is 2.21. The van der Waals surface area contributed by atoms with Crippen molar-refractivity contribution in [1.82, 2.24) is 25.3 Å². The third-order valence-electron chi connectivity index (χ3n) is 4.31. The van der Waals surface area contributed by atoms with Crippen LogP contribution in [0.15, 0.2) is 30.3 Å². The number of hydrogen-bond acceptors (Lipinski definition) is 6. The van der Waals surface area contributed by atoms with Gasteiger partial charge in [0, 0.05) is 5.56 Å². The Labute approximate surface area is 133 Å². The van der Waals surface area contributed by atoms with Crippen molar-refractivity contribution in [3.63, 3.8) is 0 Å². The number of piperidine rings is 1. The number of para-hydroxylation sites is 1. The van der Waals surface area contributed by atoms with Crippen LogP contribution in [0.4, 0.5) is 5.82 Å². The van der Waals surface area contributed by atoms with E-state index in [0.717, 1.165) is 31.4 Å². The van der Waals surface area contributed by atoms with E-state index >= 15 is 0 Å². The Kier molecular flexibility index (Phi) is 3.34. The minimum absolute atomic E-state index is 0.182. The number of rotatable bonds is 2. The van der Waals surface area contributed by atoms with E-state index in [4.69, 9.17) is 5.73 Å². The van der Waals surface area contributed by atoms with Crippen LogP contribution in [0.25, 0.3) is 22.3 Å². The molecule has 1 saturated heterocycles. The quantitative estimate of drug-likeness (QED) is 0.666. The molecule has 0 atom stereocenters. The van der Waals surface area contributed by atoms with Crippen molar-refractivity contribution in [2.75, 3.05) is 18.8 Å². The first kappa shape index (κ1) is 14.0. The minimum Gasteiger partial charge on any atom is -0.507 e. The lowest BCUT2D eigenvalue weighted by Gasteiger charge is -2.23. The number of aromatic nitrogens is 4. The summed E-state index contributed by atoms with van der Waals surface area (Å²) in [4.78, 5) is 0. The molecule has 3 aromatic rings. The minimum atomic E-state index is 0.182. The SMILES string of the molecule is Nc1nn(C2CCNCC2)c2cc(-c3ccccc3O)nnc12. The Balaban J connectivity index is 1.85. The van der Waals surface area contributed by atoms with E-state index in [0.29, 0.717) is 28.6 Å². The Morgan fingerprint density at radius 1 is 1.17 bits per heavy atom. The van der Waals surface area contributed by atoms with E-state index < -0.39 is 0 Å². The molecule has 0 radical (unpaired) electrons. The van der Waals surface area contributed by atoms with Gasteiger partial charge in [0.05, 0.1) is 17.3 Å². The number of benzene rings is 1. The van der Waals surface area contributed by atoms with Crippen molar-refractivity contribution in [3.05, 3.63) is 30.3 Å². The van der Waals surface area contributed by atoms with Gasteiger partial charge in [0.1, 0.15) is 5.75 Å². The summed E-state index contributed by atoms with van der Waals surface area (Å²) in [6.45, 7) is 1.94. The topological polar surface area (TPSA) is 102 Å². The maximum absolute atomic E-state index is 10.0. The molecular formula is C16H18N6O. The van der Waals surface area contributed by atoms with Gasteiger partial charge in [0.2, 0.25) is 0 Å². The predicted octanol–water partition coefficient (Wildman–Crippen LogP) is 1.71. The summed E-state index contributed by atoms with van der Waals surface area (Å²) in [5.41, 5.74) is 8.75. The third-order valence-corrected chi connectivity index (χ3v) is 4.31. The Bertz CT molecular complexity index is 853. The fraction of sp³-hybridized carbons (Fsp3) is 0.312. The van der Waals surface area contributed by atoms with Gasteiger partial charge in [-0.2, -0.15) is 5.10 Å². The molecule has 0 aliphatic carbocycles. The average Bonchev–Trinajstić information content (AvgIpc) is 2.92.